The molecule has 8 heteroatoms. The summed E-state index contributed by atoms with van der Waals surface area (Å²) in [6, 6.07) is 10.3. The Kier molecular flexibility index (Phi) is 6.47. The molecule has 8 nitrogen and oxygen atoms in total. The lowest BCUT2D eigenvalue weighted by Crippen LogP contribution is -2.46. The Bertz CT molecular complexity index is 945. The second kappa shape index (κ2) is 9.04. The van der Waals surface area contributed by atoms with Crippen molar-refractivity contribution in [1.29, 1.82) is 0 Å². The van der Waals surface area contributed by atoms with E-state index in [1.165, 1.54) is 14.2 Å². The predicted molar refractivity (Wildman–Crippen MR) is 111 cm³/mol. The molecular formula is C22H26N2O6. The highest BCUT2D eigenvalue weighted by Gasteiger charge is 2.35. The maximum absolute atomic E-state index is 12.3. The van der Waals surface area contributed by atoms with Gasteiger partial charge in [-0.05, 0) is 54.7 Å². The highest BCUT2D eigenvalue weighted by molar-refractivity contribution is 6.39. The molecule has 3 N–H and O–H groups in total. The van der Waals surface area contributed by atoms with E-state index >= 15 is 0 Å². The van der Waals surface area contributed by atoms with Crippen LogP contribution in [0.15, 0.2) is 36.4 Å². The third kappa shape index (κ3) is 4.49. The summed E-state index contributed by atoms with van der Waals surface area (Å²) < 4.78 is 15.6. The van der Waals surface area contributed by atoms with Crippen LogP contribution < -0.4 is 24.8 Å². The van der Waals surface area contributed by atoms with Crippen molar-refractivity contribution >= 4 is 17.5 Å². The molecule has 0 heterocycles. The third-order valence-corrected chi connectivity index (χ3v) is 5.25. The number of rotatable bonds is 6. The van der Waals surface area contributed by atoms with Crippen molar-refractivity contribution < 1.29 is 28.9 Å². The van der Waals surface area contributed by atoms with Crippen molar-refractivity contribution in [3.63, 3.8) is 0 Å². The van der Waals surface area contributed by atoms with E-state index < -0.39 is 17.4 Å². The Labute approximate surface area is 175 Å². The van der Waals surface area contributed by atoms with Crippen LogP contribution in [0, 0.1) is 0 Å². The Hall–Kier alpha value is -3.26. The summed E-state index contributed by atoms with van der Waals surface area (Å²) >= 11 is 0. The zero-order chi connectivity index (χ0) is 21.7. The Morgan fingerprint density at radius 1 is 1.00 bits per heavy atom. The number of carbonyl (C=O) groups excluding carboxylic acids is 2. The lowest BCUT2D eigenvalue weighted by Gasteiger charge is -2.34. The monoisotopic (exact) mass is 414 g/mol. The highest BCUT2D eigenvalue weighted by Crippen LogP contribution is 2.36. The molecule has 2 aromatic carbocycles. The summed E-state index contributed by atoms with van der Waals surface area (Å²) in [6.45, 7) is -0.0711. The van der Waals surface area contributed by atoms with E-state index in [0.29, 0.717) is 23.6 Å². The van der Waals surface area contributed by atoms with Crippen LogP contribution in [0.25, 0.3) is 0 Å². The number of fused-ring (bicyclic) bond motifs is 1. The number of hydrogen-bond donors (Lipinski definition) is 3. The standard InChI is InChI=1S/C22H26N2O6/c1-28-15-6-8-17-14(11-15)5-4-10-22(17,27)13-23-20(25)21(26)24-18-9-7-16(29-2)12-19(18)30-3/h6-9,11-12,27H,4-5,10,13H2,1-3H3,(H,23,25)(H,24,26). The van der Waals surface area contributed by atoms with Gasteiger partial charge >= 0.3 is 11.8 Å². The van der Waals surface area contributed by atoms with Gasteiger partial charge in [0.25, 0.3) is 0 Å². The molecule has 0 saturated heterocycles. The van der Waals surface area contributed by atoms with E-state index in [2.05, 4.69) is 10.6 Å². The van der Waals surface area contributed by atoms with Crippen LogP contribution in [-0.2, 0) is 21.6 Å². The van der Waals surface area contributed by atoms with E-state index in [-0.39, 0.29) is 6.54 Å². The Morgan fingerprint density at radius 2 is 1.70 bits per heavy atom. The number of aryl methyl sites for hydroxylation is 1. The maximum atomic E-state index is 12.3. The minimum atomic E-state index is -1.24. The Balaban J connectivity index is 1.67. The number of ether oxygens (including phenoxy) is 3. The SMILES string of the molecule is COc1ccc2c(c1)CCCC2(O)CNC(=O)C(=O)Nc1ccc(OC)cc1OC. The van der Waals surface area contributed by atoms with Crippen molar-refractivity contribution in [2.45, 2.75) is 24.9 Å². The normalized spacial score (nSPS) is 17.5. The number of anilines is 1. The quantitative estimate of drug-likeness (QED) is 0.625. The molecule has 1 unspecified atom stereocenters. The summed E-state index contributed by atoms with van der Waals surface area (Å²) in [7, 11) is 4.56. The van der Waals surface area contributed by atoms with Crippen molar-refractivity contribution in [3.8, 4) is 17.2 Å². The number of aliphatic hydroxyl groups is 1. The van der Waals surface area contributed by atoms with Gasteiger partial charge in [0.1, 0.15) is 22.8 Å². The maximum Gasteiger partial charge on any atom is 0.313 e. The van der Waals surface area contributed by atoms with Gasteiger partial charge in [-0.2, -0.15) is 0 Å². The summed E-state index contributed by atoms with van der Waals surface area (Å²) in [5.74, 6) is -0.0574. The van der Waals surface area contributed by atoms with Crippen LogP contribution in [-0.4, -0.2) is 44.8 Å². The van der Waals surface area contributed by atoms with E-state index in [4.69, 9.17) is 14.2 Å². The first-order valence-corrected chi connectivity index (χ1v) is 9.61. The van der Waals surface area contributed by atoms with Gasteiger partial charge in [0.15, 0.2) is 0 Å². The number of amides is 2. The fraction of sp³-hybridized carbons (Fsp3) is 0.364. The lowest BCUT2D eigenvalue weighted by atomic mass is 9.79. The number of methoxy groups -OCH3 is 3. The molecule has 1 atom stereocenters. The van der Waals surface area contributed by atoms with Crippen molar-refractivity contribution in [3.05, 3.63) is 47.5 Å². The molecule has 1 aliphatic rings. The smallest absolute Gasteiger partial charge is 0.313 e. The molecule has 0 radical (unpaired) electrons. The van der Waals surface area contributed by atoms with Gasteiger partial charge in [-0.15, -0.1) is 0 Å². The second-order valence-electron chi connectivity index (χ2n) is 7.11. The summed E-state index contributed by atoms with van der Waals surface area (Å²) in [5.41, 5.74) is 0.817. The molecule has 2 amide bonds. The number of benzene rings is 2. The van der Waals surface area contributed by atoms with E-state index in [0.717, 1.165) is 29.7 Å². The molecule has 0 fully saturated rings. The second-order valence-corrected chi connectivity index (χ2v) is 7.11. The Morgan fingerprint density at radius 3 is 2.40 bits per heavy atom. The van der Waals surface area contributed by atoms with Crippen LogP contribution in [0.2, 0.25) is 0 Å². The van der Waals surface area contributed by atoms with Gasteiger partial charge in [-0.25, -0.2) is 0 Å². The predicted octanol–water partition coefficient (Wildman–Crippen LogP) is 1.99. The van der Waals surface area contributed by atoms with Crippen LogP contribution in [0.3, 0.4) is 0 Å². The topological polar surface area (TPSA) is 106 Å². The van der Waals surface area contributed by atoms with Crippen molar-refractivity contribution in [2.24, 2.45) is 0 Å². The fourth-order valence-corrected chi connectivity index (χ4v) is 3.64. The summed E-state index contributed by atoms with van der Waals surface area (Å²) in [5, 5.41) is 16.2. The van der Waals surface area contributed by atoms with Gasteiger partial charge in [0, 0.05) is 6.07 Å². The molecule has 0 aliphatic heterocycles. The van der Waals surface area contributed by atoms with Crippen LogP contribution in [0.5, 0.6) is 17.2 Å². The van der Waals surface area contributed by atoms with Crippen molar-refractivity contribution in [2.75, 3.05) is 33.2 Å². The van der Waals surface area contributed by atoms with Gasteiger partial charge in [-0.1, -0.05) is 6.07 Å². The molecular weight excluding hydrogens is 388 g/mol. The fourth-order valence-electron chi connectivity index (χ4n) is 3.64. The minimum absolute atomic E-state index is 0.0711. The largest absolute Gasteiger partial charge is 0.497 e. The van der Waals surface area contributed by atoms with Gasteiger partial charge in [0.05, 0.1) is 33.6 Å². The zero-order valence-corrected chi connectivity index (χ0v) is 17.3. The van der Waals surface area contributed by atoms with Crippen LogP contribution >= 0.6 is 0 Å². The molecule has 30 heavy (non-hydrogen) atoms. The number of nitrogens with one attached hydrogen (secondary N) is 2. The van der Waals surface area contributed by atoms with Crippen LogP contribution in [0.4, 0.5) is 5.69 Å². The summed E-state index contributed by atoms with van der Waals surface area (Å²) in [4.78, 5) is 24.7. The molecule has 0 aromatic heterocycles. The number of carbonyl (C=O) groups is 2. The first-order valence-electron chi connectivity index (χ1n) is 9.61. The van der Waals surface area contributed by atoms with Crippen molar-refractivity contribution in [1.82, 2.24) is 5.32 Å². The first kappa shape index (κ1) is 21.4. The first-order chi connectivity index (χ1) is 14.4. The van der Waals surface area contributed by atoms with Gasteiger partial charge in [-0.3, -0.25) is 9.59 Å². The van der Waals surface area contributed by atoms with E-state index in [1.54, 1.807) is 31.4 Å². The van der Waals surface area contributed by atoms with Gasteiger partial charge in [0.2, 0.25) is 0 Å². The molecule has 3 rings (SSSR count). The lowest BCUT2D eigenvalue weighted by molar-refractivity contribution is -0.137. The molecule has 0 saturated carbocycles. The number of hydrogen-bond acceptors (Lipinski definition) is 6. The van der Waals surface area contributed by atoms with Crippen LogP contribution in [0.1, 0.15) is 24.0 Å². The average molecular weight is 414 g/mol. The van der Waals surface area contributed by atoms with Gasteiger partial charge < -0.3 is 30.0 Å². The molecule has 0 bridgehead atoms. The zero-order valence-electron chi connectivity index (χ0n) is 17.3. The minimum Gasteiger partial charge on any atom is -0.497 e. The average Bonchev–Trinajstić information content (AvgIpc) is 2.77. The van der Waals surface area contributed by atoms with E-state index in [9.17, 15) is 14.7 Å². The third-order valence-electron chi connectivity index (χ3n) is 5.25. The molecule has 0 spiro atoms. The highest BCUT2D eigenvalue weighted by atomic mass is 16.5. The molecule has 160 valence electrons. The van der Waals surface area contributed by atoms with E-state index in [1.807, 2.05) is 12.1 Å². The molecule has 2 aromatic rings. The summed E-state index contributed by atoms with van der Waals surface area (Å²) in [6.07, 6.45) is 2.07. The molecule has 1 aliphatic carbocycles.